The van der Waals surface area contributed by atoms with Crippen molar-refractivity contribution in [3.63, 3.8) is 0 Å². The minimum atomic E-state index is -1.05. The summed E-state index contributed by atoms with van der Waals surface area (Å²) in [6, 6.07) is 2.53. The molecule has 1 aromatic rings. The number of rotatable bonds is 3. The molecule has 0 fully saturated rings. The molecule has 0 heterocycles. The molecule has 3 N–H and O–H groups in total. The maximum atomic E-state index is 10.8. The fraction of sp³-hybridized carbons (Fsp3) is 0.250. The average molecular weight is 233 g/mol. The average Bonchev–Trinajstić information content (AvgIpc) is 2.62. The van der Waals surface area contributed by atoms with Crippen LogP contribution in [0.3, 0.4) is 0 Å². The first-order valence-corrected chi connectivity index (χ1v) is 5.55. The topological polar surface area (TPSA) is 63.3 Å². The van der Waals surface area contributed by atoms with Gasteiger partial charge in [-0.15, -0.1) is 10.9 Å². The molecule has 6 heteroatoms. The summed E-state index contributed by atoms with van der Waals surface area (Å²) in [6.45, 7) is 0. The Bertz CT molecular complexity index is 554. The molecule has 18 heavy (non-hydrogen) atoms. The zero-order valence-corrected chi connectivity index (χ0v) is 9.81. The molecule has 2 rings (SSSR count). The third-order valence-electron chi connectivity index (χ3n) is 3.21. The van der Waals surface area contributed by atoms with Gasteiger partial charge in [0.05, 0.1) is 0 Å². The minimum Gasteiger partial charge on any atom is -0.480 e. The van der Waals surface area contributed by atoms with Crippen molar-refractivity contribution >= 4 is 46.0 Å². The zero-order chi connectivity index (χ0) is 13.4. The first-order valence-electron chi connectivity index (χ1n) is 5.55. The van der Waals surface area contributed by atoms with E-state index in [0.717, 1.165) is 16.7 Å². The van der Waals surface area contributed by atoms with E-state index >= 15 is 0 Å². The number of benzene rings is 1. The van der Waals surface area contributed by atoms with Crippen LogP contribution in [0.4, 0.5) is 0 Å². The molecule has 0 aromatic heterocycles. The van der Waals surface area contributed by atoms with Crippen LogP contribution in [0, 0.1) is 0 Å². The Morgan fingerprint density at radius 2 is 2.06 bits per heavy atom. The Hall–Kier alpha value is -1.42. The van der Waals surface area contributed by atoms with E-state index in [0.29, 0.717) is 22.8 Å². The molecule has 6 radical (unpaired) electrons. The maximum absolute atomic E-state index is 10.8. The molecular formula is C12H10B3NO2. The molecule has 0 saturated heterocycles. The van der Waals surface area contributed by atoms with Crippen molar-refractivity contribution in [1.29, 1.82) is 0 Å². The lowest BCUT2D eigenvalue weighted by atomic mass is 9.76. The van der Waals surface area contributed by atoms with Crippen LogP contribution in [0.1, 0.15) is 17.5 Å². The summed E-state index contributed by atoms with van der Waals surface area (Å²) in [4.78, 5) is 10.8. The number of fused-ring (bicyclic) bond motifs is 1. The second kappa shape index (κ2) is 4.69. The molecule has 84 valence electrons. The smallest absolute Gasteiger partial charge is 0.320 e. The third-order valence-corrected chi connectivity index (χ3v) is 3.21. The van der Waals surface area contributed by atoms with E-state index in [1.165, 1.54) is 0 Å². The molecule has 1 aliphatic carbocycles. The largest absolute Gasteiger partial charge is 0.480 e. The fourth-order valence-corrected chi connectivity index (χ4v) is 2.17. The second-order valence-electron chi connectivity index (χ2n) is 4.42. The van der Waals surface area contributed by atoms with Crippen LogP contribution in [0.5, 0.6) is 0 Å². The monoisotopic (exact) mass is 233 g/mol. The predicted molar refractivity (Wildman–Crippen MR) is 73.8 cm³/mol. The summed E-state index contributed by atoms with van der Waals surface area (Å²) < 4.78 is 0. The normalized spacial score (nSPS) is 15.6. The molecule has 0 saturated carbocycles. The van der Waals surface area contributed by atoms with Gasteiger partial charge >= 0.3 is 5.97 Å². The maximum Gasteiger partial charge on any atom is 0.320 e. The SMILES string of the molecule is [B]C1=C(CC(N)C(=O)O)c2ccc([B])c([B])c2C1. The summed E-state index contributed by atoms with van der Waals surface area (Å²) in [5.74, 6) is -1.05. The van der Waals surface area contributed by atoms with Gasteiger partial charge in [0.2, 0.25) is 0 Å². The summed E-state index contributed by atoms with van der Waals surface area (Å²) >= 11 is 0. The van der Waals surface area contributed by atoms with Crippen molar-refractivity contribution in [3.05, 3.63) is 28.7 Å². The number of aliphatic carboxylic acids is 1. The highest BCUT2D eigenvalue weighted by Crippen LogP contribution is 2.32. The van der Waals surface area contributed by atoms with Gasteiger partial charge in [0, 0.05) is 0 Å². The Kier molecular flexibility index (Phi) is 3.39. The minimum absolute atomic E-state index is 0.192. The van der Waals surface area contributed by atoms with Crippen molar-refractivity contribution in [1.82, 2.24) is 0 Å². The van der Waals surface area contributed by atoms with Crippen LogP contribution in [0.2, 0.25) is 0 Å². The van der Waals surface area contributed by atoms with Gasteiger partial charge in [0.1, 0.15) is 29.6 Å². The third kappa shape index (κ3) is 2.13. The fourth-order valence-electron chi connectivity index (χ4n) is 2.17. The van der Waals surface area contributed by atoms with Gasteiger partial charge in [0.25, 0.3) is 0 Å². The molecule has 1 unspecified atom stereocenters. The summed E-state index contributed by atoms with van der Waals surface area (Å²) in [5.41, 5.74) is 9.64. The Morgan fingerprint density at radius 1 is 1.39 bits per heavy atom. The summed E-state index contributed by atoms with van der Waals surface area (Å²) in [7, 11) is 17.6. The highest BCUT2D eigenvalue weighted by atomic mass is 16.4. The predicted octanol–water partition coefficient (Wildman–Crippen LogP) is -1.49. The number of hydrogen-bond donors (Lipinski definition) is 2. The Morgan fingerprint density at radius 3 is 2.67 bits per heavy atom. The van der Waals surface area contributed by atoms with Crippen molar-refractivity contribution in [2.75, 3.05) is 0 Å². The van der Waals surface area contributed by atoms with E-state index in [-0.39, 0.29) is 6.42 Å². The van der Waals surface area contributed by atoms with E-state index in [9.17, 15) is 4.79 Å². The Labute approximate surface area is 110 Å². The summed E-state index contributed by atoms with van der Waals surface area (Å²) in [6.07, 6.45) is 0.686. The van der Waals surface area contributed by atoms with Gasteiger partial charge in [-0.2, -0.15) is 0 Å². The van der Waals surface area contributed by atoms with Gasteiger partial charge in [-0.1, -0.05) is 17.6 Å². The van der Waals surface area contributed by atoms with Gasteiger partial charge < -0.3 is 10.8 Å². The highest BCUT2D eigenvalue weighted by Gasteiger charge is 2.23. The summed E-state index contributed by atoms with van der Waals surface area (Å²) in [5, 5.41) is 8.84. The van der Waals surface area contributed by atoms with Gasteiger partial charge in [-0.3, -0.25) is 4.79 Å². The number of carboxylic acids is 1. The molecule has 3 nitrogen and oxygen atoms in total. The van der Waals surface area contributed by atoms with E-state index < -0.39 is 12.0 Å². The van der Waals surface area contributed by atoms with Gasteiger partial charge in [0.15, 0.2) is 0 Å². The van der Waals surface area contributed by atoms with Crippen LogP contribution in [0.25, 0.3) is 5.57 Å². The van der Waals surface area contributed by atoms with Gasteiger partial charge in [-0.05, 0) is 29.5 Å². The molecule has 0 bridgehead atoms. The number of carboxylic acid groups (broad SMARTS) is 1. The molecule has 0 aliphatic heterocycles. The van der Waals surface area contributed by atoms with Crippen molar-refractivity contribution in [3.8, 4) is 0 Å². The zero-order valence-electron chi connectivity index (χ0n) is 9.81. The second-order valence-corrected chi connectivity index (χ2v) is 4.42. The van der Waals surface area contributed by atoms with E-state index in [1.54, 1.807) is 6.07 Å². The lowest BCUT2D eigenvalue weighted by molar-refractivity contribution is -0.138. The Balaban J connectivity index is 2.38. The standard InChI is InChI=1S/C12H10B3NO2/c13-8-2-1-5-6(4-10(16)12(17)18)9(14)3-7(5)11(8)15/h1-2,10H,3-4,16H2,(H,17,18). The molecule has 1 aromatic carbocycles. The number of hydrogen-bond acceptors (Lipinski definition) is 2. The van der Waals surface area contributed by atoms with E-state index in [1.807, 2.05) is 6.07 Å². The lowest BCUT2D eigenvalue weighted by Gasteiger charge is -2.13. The van der Waals surface area contributed by atoms with Crippen LogP contribution in [0.15, 0.2) is 17.6 Å². The first kappa shape index (κ1) is 13.0. The molecule has 1 aliphatic rings. The van der Waals surface area contributed by atoms with Crippen LogP contribution in [-0.2, 0) is 11.2 Å². The molecule has 0 spiro atoms. The van der Waals surface area contributed by atoms with Crippen molar-refractivity contribution < 1.29 is 9.90 Å². The van der Waals surface area contributed by atoms with Gasteiger partial charge in [-0.25, -0.2) is 0 Å². The molecule has 1 atom stereocenters. The van der Waals surface area contributed by atoms with E-state index in [4.69, 9.17) is 34.4 Å². The highest BCUT2D eigenvalue weighted by molar-refractivity contribution is 6.49. The van der Waals surface area contributed by atoms with Crippen molar-refractivity contribution in [2.24, 2.45) is 5.73 Å². The van der Waals surface area contributed by atoms with Crippen molar-refractivity contribution in [2.45, 2.75) is 18.9 Å². The molecular weight excluding hydrogens is 223 g/mol. The van der Waals surface area contributed by atoms with Crippen LogP contribution in [-0.4, -0.2) is 40.7 Å². The molecule has 0 amide bonds. The first-order chi connectivity index (χ1) is 8.41. The van der Waals surface area contributed by atoms with Crippen LogP contribution < -0.4 is 16.7 Å². The quantitative estimate of drug-likeness (QED) is 0.625. The number of nitrogens with two attached hydrogens (primary N) is 1. The number of carbonyl (C=O) groups is 1. The number of allylic oxidation sites excluding steroid dienone is 1. The van der Waals surface area contributed by atoms with E-state index in [2.05, 4.69) is 0 Å². The van der Waals surface area contributed by atoms with Crippen LogP contribution >= 0.6 is 0 Å². The lowest BCUT2D eigenvalue weighted by Crippen LogP contribution is -2.31.